The fraction of sp³-hybridized carbons (Fsp3) is 0.294. The second kappa shape index (κ2) is 5.94. The van der Waals surface area contributed by atoms with Gasteiger partial charge in [-0.2, -0.15) is 0 Å². The molecule has 0 aliphatic heterocycles. The lowest BCUT2D eigenvalue weighted by atomic mass is 10.1. The lowest BCUT2D eigenvalue weighted by molar-refractivity contribution is 0.339. The van der Waals surface area contributed by atoms with Gasteiger partial charge in [-0.25, -0.2) is 4.39 Å². The number of aryl methyl sites for hydroxylation is 1. The average molecular weight is 306 g/mol. The van der Waals surface area contributed by atoms with Gasteiger partial charge in [0.05, 0.1) is 18.3 Å². The van der Waals surface area contributed by atoms with Crippen molar-refractivity contribution in [3.63, 3.8) is 0 Å². The van der Waals surface area contributed by atoms with Crippen LogP contribution in [0.3, 0.4) is 0 Å². The molecule has 2 aromatic carbocycles. The molecule has 21 heavy (non-hydrogen) atoms. The number of benzene rings is 2. The van der Waals surface area contributed by atoms with Crippen LogP contribution in [-0.2, 0) is 6.42 Å². The number of halogens is 2. The minimum atomic E-state index is -0.289. The first-order chi connectivity index (χ1) is 10.2. The number of anilines is 1. The van der Waals surface area contributed by atoms with Crippen molar-refractivity contribution in [1.29, 1.82) is 0 Å². The Morgan fingerprint density at radius 3 is 2.95 bits per heavy atom. The van der Waals surface area contributed by atoms with Crippen molar-refractivity contribution >= 4 is 17.3 Å². The number of ether oxygens (including phenoxy) is 1. The molecule has 4 heteroatoms. The molecule has 1 atom stereocenters. The van der Waals surface area contributed by atoms with Gasteiger partial charge in [0.1, 0.15) is 11.6 Å². The van der Waals surface area contributed by atoms with E-state index >= 15 is 0 Å². The Hall–Kier alpha value is -1.74. The van der Waals surface area contributed by atoms with Crippen molar-refractivity contribution in [2.24, 2.45) is 0 Å². The van der Waals surface area contributed by atoms with E-state index in [2.05, 4.69) is 11.4 Å². The highest BCUT2D eigenvalue weighted by Gasteiger charge is 2.23. The summed E-state index contributed by atoms with van der Waals surface area (Å²) in [6.45, 7) is 2.40. The van der Waals surface area contributed by atoms with Crippen LogP contribution in [-0.4, -0.2) is 6.61 Å². The summed E-state index contributed by atoms with van der Waals surface area (Å²) in [6, 6.07) is 10.8. The minimum absolute atomic E-state index is 0.210. The number of fused-ring (bicyclic) bond motifs is 1. The fourth-order valence-electron chi connectivity index (χ4n) is 2.81. The first-order valence-electron chi connectivity index (χ1n) is 7.14. The molecule has 0 radical (unpaired) electrons. The van der Waals surface area contributed by atoms with Crippen molar-refractivity contribution in [2.45, 2.75) is 25.8 Å². The van der Waals surface area contributed by atoms with Crippen LogP contribution in [0.1, 0.15) is 30.5 Å². The van der Waals surface area contributed by atoms with E-state index in [-0.39, 0.29) is 11.9 Å². The van der Waals surface area contributed by atoms with Crippen LogP contribution in [0.2, 0.25) is 5.02 Å². The number of hydrogen-bond donors (Lipinski definition) is 1. The van der Waals surface area contributed by atoms with Gasteiger partial charge in [0.25, 0.3) is 0 Å². The molecule has 1 N–H and O–H groups in total. The van der Waals surface area contributed by atoms with Crippen LogP contribution in [0.25, 0.3) is 0 Å². The van der Waals surface area contributed by atoms with E-state index in [0.29, 0.717) is 12.4 Å². The zero-order valence-corrected chi connectivity index (χ0v) is 12.6. The van der Waals surface area contributed by atoms with Gasteiger partial charge in [-0.15, -0.1) is 0 Å². The molecule has 1 unspecified atom stereocenters. The van der Waals surface area contributed by atoms with E-state index in [9.17, 15) is 4.39 Å². The third-order valence-electron chi connectivity index (χ3n) is 3.76. The molecule has 0 saturated carbocycles. The molecule has 0 spiro atoms. The highest BCUT2D eigenvalue weighted by molar-refractivity contribution is 6.30. The molecule has 1 aliphatic carbocycles. The van der Waals surface area contributed by atoms with Gasteiger partial charge in [0, 0.05) is 11.1 Å². The lowest BCUT2D eigenvalue weighted by Gasteiger charge is -2.18. The standard InChI is InChI=1S/C17H17ClFNO/c1-2-21-17-10-13(19)5-8-16(17)20-15-7-3-11-9-12(18)4-6-14(11)15/h4-6,8-10,15,20H,2-3,7H2,1H3. The van der Waals surface area contributed by atoms with E-state index in [1.165, 1.54) is 23.3 Å². The molecule has 0 bridgehead atoms. The van der Waals surface area contributed by atoms with Gasteiger partial charge >= 0.3 is 0 Å². The molecular weight excluding hydrogens is 289 g/mol. The Morgan fingerprint density at radius 2 is 2.14 bits per heavy atom. The molecule has 110 valence electrons. The second-order valence-corrected chi connectivity index (χ2v) is 5.59. The molecule has 0 saturated heterocycles. The summed E-state index contributed by atoms with van der Waals surface area (Å²) in [7, 11) is 0. The number of nitrogens with one attached hydrogen (secondary N) is 1. The van der Waals surface area contributed by atoms with Gasteiger partial charge in [0.15, 0.2) is 0 Å². The third kappa shape index (κ3) is 2.98. The van der Waals surface area contributed by atoms with Crippen LogP contribution in [0, 0.1) is 5.82 Å². The maximum atomic E-state index is 13.3. The van der Waals surface area contributed by atoms with Crippen molar-refractivity contribution < 1.29 is 9.13 Å². The summed E-state index contributed by atoms with van der Waals surface area (Å²) >= 11 is 6.03. The summed E-state index contributed by atoms with van der Waals surface area (Å²) in [5, 5.41) is 4.23. The highest BCUT2D eigenvalue weighted by Crippen LogP contribution is 2.37. The second-order valence-electron chi connectivity index (χ2n) is 5.15. The van der Waals surface area contributed by atoms with Gasteiger partial charge in [0.2, 0.25) is 0 Å². The van der Waals surface area contributed by atoms with Crippen LogP contribution in [0.5, 0.6) is 5.75 Å². The largest absolute Gasteiger partial charge is 0.492 e. The Bertz CT molecular complexity index is 659. The Morgan fingerprint density at radius 1 is 1.29 bits per heavy atom. The third-order valence-corrected chi connectivity index (χ3v) is 3.99. The zero-order valence-electron chi connectivity index (χ0n) is 11.8. The van der Waals surface area contributed by atoms with Gasteiger partial charge in [-0.1, -0.05) is 17.7 Å². The molecule has 0 aromatic heterocycles. The predicted octanol–water partition coefficient (Wildman–Crippen LogP) is 4.98. The van der Waals surface area contributed by atoms with E-state index in [1.807, 2.05) is 19.1 Å². The molecule has 0 amide bonds. The summed E-state index contributed by atoms with van der Waals surface area (Å²) in [5.74, 6) is 0.266. The molecular formula is C17H17ClFNO. The molecule has 2 nitrogen and oxygen atoms in total. The molecule has 1 aliphatic rings. The van der Waals surface area contributed by atoms with E-state index in [1.54, 1.807) is 6.07 Å². The van der Waals surface area contributed by atoms with Crippen LogP contribution in [0.15, 0.2) is 36.4 Å². The van der Waals surface area contributed by atoms with Crippen LogP contribution < -0.4 is 10.1 Å². The van der Waals surface area contributed by atoms with E-state index in [0.717, 1.165) is 23.6 Å². The van der Waals surface area contributed by atoms with Crippen molar-refractivity contribution in [3.8, 4) is 5.75 Å². The maximum absolute atomic E-state index is 13.3. The first kappa shape index (κ1) is 14.2. The summed E-state index contributed by atoms with van der Waals surface area (Å²) < 4.78 is 18.9. The summed E-state index contributed by atoms with van der Waals surface area (Å²) in [4.78, 5) is 0. The van der Waals surface area contributed by atoms with Crippen molar-refractivity contribution in [3.05, 3.63) is 58.4 Å². The Labute approximate surface area is 128 Å². The Balaban J connectivity index is 1.86. The first-order valence-corrected chi connectivity index (χ1v) is 7.52. The van der Waals surface area contributed by atoms with Gasteiger partial charge in [-0.05, 0) is 55.2 Å². The molecule has 0 fully saturated rings. The topological polar surface area (TPSA) is 21.3 Å². The number of hydrogen-bond acceptors (Lipinski definition) is 2. The predicted molar refractivity (Wildman–Crippen MR) is 83.7 cm³/mol. The smallest absolute Gasteiger partial charge is 0.145 e. The van der Waals surface area contributed by atoms with Gasteiger partial charge in [-0.3, -0.25) is 0 Å². The summed E-state index contributed by atoms with van der Waals surface area (Å²) in [6.07, 6.45) is 2.00. The van der Waals surface area contributed by atoms with Crippen molar-refractivity contribution in [1.82, 2.24) is 0 Å². The summed E-state index contributed by atoms with van der Waals surface area (Å²) in [5.41, 5.74) is 3.36. The highest BCUT2D eigenvalue weighted by atomic mass is 35.5. The SMILES string of the molecule is CCOc1cc(F)ccc1NC1CCc2cc(Cl)ccc21. The molecule has 2 aromatic rings. The van der Waals surface area contributed by atoms with Crippen molar-refractivity contribution in [2.75, 3.05) is 11.9 Å². The minimum Gasteiger partial charge on any atom is -0.492 e. The molecule has 3 rings (SSSR count). The van der Waals surface area contributed by atoms with Crippen LogP contribution >= 0.6 is 11.6 Å². The van der Waals surface area contributed by atoms with Gasteiger partial charge < -0.3 is 10.1 Å². The Kier molecular flexibility index (Phi) is 4.02. The molecule has 0 heterocycles. The van der Waals surface area contributed by atoms with E-state index < -0.39 is 0 Å². The average Bonchev–Trinajstić information content (AvgIpc) is 2.84. The lowest BCUT2D eigenvalue weighted by Crippen LogP contribution is -2.09. The quantitative estimate of drug-likeness (QED) is 0.860. The maximum Gasteiger partial charge on any atom is 0.145 e. The zero-order chi connectivity index (χ0) is 14.8. The van der Waals surface area contributed by atoms with E-state index in [4.69, 9.17) is 16.3 Å². The number of rotatable bonds is 4. The monoisotopic (exact) mass is 305 g/mol. The fourth-order valence-corrected chi connectivity index (χ4v) is 3.01. The normalized spacial score (nSPS) is 16.6. The van der Waals surface area contributed by atoms with Crippen LogP contribution in [0.4, 0.5) is 10.1 Å².